The number of unbranched alkanes of at least 4 members (excludes halogenated alkanes) is 1. The lowest BCUT2D eigenvalue weighted by molar-refractivity contribution is -0.138. The summed E-state index contributed by atoms with van der Waals surface area (Å²) in [6.45, 7) is 71.3. The fourth-order valence-corrected chi connectivity index (χ4v) is 16.1. The van der Waals surface area contributed by atoms with Gasteiger partial charge in [-0.2, -0.15) is 0 Å². The summed E-state index contributed by atoms with van der Waals surface area (Å²) in [5, 5.41) is 38.8. The van der Waals surface area contributed by atoms with Crippen molar-refractivity contribution in [1.82, 2.24) is 59.2 Å². The Bertz CT molecular complexity index is 2090. The van der Waals surface area contributed by atoms with Crippen LogP contribution in [0.2, 0.25) is 0 Å². The number of carboxylic acid groups (broad SMARTS) is 1. The number of piperidine rings is 4. The summed E-state index contributed by atoms with van der Waals surface area (Å²) in [5.74, 6) is 5.14. The summed E-state index contributed by atoms with van der Waals surface area (Å²) in [4.78, 5) is 60.6. The average Bonchev–Trinajstić information content (AvgIpc) is 1.67. The molecule has 19 heteroatoms. The monoisotopic (exact) mass is 1460 g/mol. The molecule has 19 nitrogen and oxygen atoms in total. The van der Waals surface area contributed by atoms with Crippen LogP contribution in [-0.4, -0.2) is 323 Å². The van der Waals surface area contributed by atoms with Gasteiger partial charge >= 0.3 is 5.97 Å². The number of hydrogen-bond donors (Lipinski definition) is 5. The Kier molecular flexibility index (Phi) is 52.1. The van der Waals surface area contributed by atoms with Crippen LogP contribution in [0.4, 0.5) is 0 Å². The fourth-order valence-electron chi connectivity index (χ4n) is 16.1. The highest BCUT2D eigenvalue weighted by atomic mass is 16.4. The van der Waals surface area contributed by atoms with Gasteiger partial charge in [0.1, 0.15) is 0 Å². The van der Waals surface area contributed by atoms with E-state index in [0.717, 1.165) is 186 Å². The Hall–Kier alpha value is -2.11. The number of amides is 2. The first-order valence-corrected chi connectivity index (χ1v) is 42.9. The van der Waals surface area contributed by atoms with Crippen LogP contribution in [0.25, 0.3) is 0 Å². The van der Waals surface area contributed by atoms with Gasteiger partial charge in [-0.1, -0.05) is 47.0 Å². The Labute approximate surface area is 636 Å². The van der Waals surface area contributed by atoms with E-state index in [0.29, 0.717) is 61.6 Å². The maximum atomic E-state index is 12.2. The average molecular weight is 1460 g/mol. The number of nitrogens with one attached hydrogen (secondary N) is 1. The molecule has 2 atom stereocenters. The molecular weight excluding hydrogens is 1290 g/mol. The molecule has 7 saturated heterocycles. The van der Waals surface area contributed by atoms with Crippen molar-refractivity contribution in [3.05, 3.63) is 0 Å². The predicted molar refractivity (Wildman–Crippen MR) is 435 cm³/mol. The third-order valence-electron chi connectivity index (χ3n) is 23.9. The highest BCUT2D eigenvalue weighted by Crippen LogP contribution is 2.47. The number of hydrogen-bond acceptors (Lipinski definition) is 16. The molecule has 0 bridgehead atoms. The van der Waals surface area contributed by atoms with E-state index in [-0.39, 0.29) is 37.1 Å². The van der Waals surface area contributed by atoms with E-state index < -0.39 is 5.97 Å². The molecule has 8 fully saturated rings. The second-order valence-electron chi connectivity index (χ2n) is 34.7. The van der Waals surface area contributed by atoms with E-state index in [1.807, 2.05) is 9.80 Å². The summed E-state index contributed by atoms with van der Waals surface area (Å²) >= 11 is 0. The van der Waals surface area contributed by atoms with Gasteiger partial charge < -0.3 is 50.2 Å². The Morgan fingerprint density at radius 3 is 1.24 bits per heavy atom. The van der Waals surface area contributed by atoms with Crippen LogP contribution in [0.1, 0.15) is 260 Å². The van der Waals surface area contributed by atoms with Crippen LogP contribution < -0.4 is 5.32 Å². The minimum atomic E-state index is -0.719. The number of β-amino-alcohol motifs (C(OH)–C–C–N with tert-alkyl or cyclic N) is 1. The van der Waals surface area contributed by atoms with Gasteiger partial charge in [0, 0.05) is 139 Å². The van der Waals surface area contributed by atoms with Gasteiger partial charge in [0.25, 0.3) is 0 Å². The standard InChI is InChI=1S/C15H30N2O2.C13H26N2O.C12H26N2O.C12H23N.C12H25N.C10H20N2O2.C10H22N2O/c1-4-7-17(10-11-18)15(19)12-14-5-8-16(9-6-14)13(2)3;1-4-7-14-13(16)10-12-5-8-15(9-6-12)11(2)3;1-11(2)13-6-5-7-14(9-8-13)12(3,4)10-15;1-9(2)13-6-4-11(5-7-13)12-8-10(12)3;1-4-5-6-12-7-9-13(10-8-12)11(2)3;1-9(2)12-5-3-4-11(6-7-12)8-10(13)14;1-10(2)12-5-3-4-11(6-7-12)8-9-13/h13-14,18H,4-12H2,1-3H3;11-12H,4-10H2,1-3H3,(H,14,16);11,15H,5-10H2,1-4H3;9-12H,4-8H2,1-3H3;11-12H,4-10H2,1-3H3;9H,3-8H2,1-2H3,(H,13,14);10,13H,3-9H2,1-2H3. The Balaban J connectivity index is 0.000000410. The van der Waals surface area contributed by atoms with Gasteiger partial charge in [0.2, 0.25) is 11.8 Å². The molecule has 2 amide bonds. The molecule has 8 rings (SSSR count). The first kappa shape index (κ1) is 97.0. The molecule has 0 aromatic rings. The fraction of sp³-hybridized carbons (Fsp3) is 0.964. The molecule has 0 aromatic heterocycles. The summed E-state index contributed by atoms with van der Waals surface area (Å²) in [6, 6.07) is 4.65. The topological polar surface area (TPSA) is 180 Å². The number of carbonyl (C=O) groups excluding carboxylic acids is 2. The van der Waals surface area contributed by atoms with Gasteiger partial charge in [-0.25, -0.2) is 0 Å². The van der Waals surface area contributed by atoms with Crippen molar-refractivity contribution < 1.29 is 34.8 Å². The van der Waals surface area contributed by atoms with E-state index in [9.17, 15) is 19.5 Å². The number of aliphatic hydroxyl groups excluding tert-OH is 3. The molecule has 103 heavy (non-hydrogen) atoms. The molecule has 610 valence electrons. The number of carbonyl (C=O) groups is 3. The van der Waals surface area contributed by atoms with Gasteiger partial charge in [-0.3, -0.25) is 43.8 Å². The number of aliphatic carboxylic acids is 1. The third kappa shape index (κ3) is 42.0. The summed E-state index contributed by atoms with van der Waals surface area (Å²) in [5.41, 5.74) is -0.0625. The van der Waals surface area contributed by atoms with Crippen molar-refractivity contribution in [3.63, 3.8) is 0 Å². The zero-order valence-corrected chi connectivity index (χ0v) is 71.2. The second kappa shape index (κ2) is 55.3. The van der Waals surface area contributed by atoms with Crippen LogP contribution in [-0.2, 0) is 14.4 Å². The number of aliphatic hydroxyl groups is 3. The predicted octanol–water partition coefficient (Wildman–Crippen LogP) is 11.9. The number of carboxylic acids is 1. The smallest absolute Gasteiger partial charge is 0.317 e. The molecule has 1 aliphatic carbocycles. The lowest BCUT2D eigenvalue weighted by Crippen LogP contribution is -2.48. The molecule has 5 N–H and O–H groups in total. The zero-order valence-electron chi connectivity index (χ0n) is 71.2. The molecular formula is C84H172N12O7. The highest BCUT2D eigenvalue weighted by Gasteiger charge is 2.40. The minimum absolute atomic E-state index is 0.0625. The summed E-state index contributed by atoms with van der Waals surface area (Å²) in [7, 11) is 0. The maximum Gasteiger partial charge on any atom is 0.317 e. The second-order valence-corrected chi connectivity index (χ2v) is 34.7. The van der Waals surface area contributed by atoms with Crippen molar-refractivity contribution in [2.24, 2.45) is 35.5 Å². The van der Waals surface area contributed by atoms with Crippen molar-refractivity contribution in [3.8, 4) is 0 Å². The first-order valence-electron chi connectivity index (χ1n) is 42.9. The Morgan fingerprint density at radius 1 is 0.456 bits per heavy atom. The largest absolute Gasteiger partial charge is 0.480 e. The van der Waals surface area contributed by atoms with E-state index in [4.69, 9.17) is 15.3 Å². The van der Waals surface area contributed by atoms with Crippen LogP contribution in [0, 0.1) is 35.5 Å². The third-order valence-corrected chi connectivity index (χ3v) is 23.9. The molecule has 7 aliphatic heterocycles. The normalized spacial score (nSPS) is 22.5. The Morgan fingerprint density at radius 2 is 0.854 bits per heavy atom. The van der Waals surface area contributed by atoms with E-state index >= 15 is 0 Å². The van der Waals surface area contributed by atoms with Crippen molar-refractivity contribution in [1.29, 1.82) is 0 Å². The minimum Gasteiger partial charge on any atom is -0.480 e. The van der Waals surface area contributed by atoms with Crippen molar-refractivity contribution >= 4 is 17.8 Å². The van der Waals surface area contributed by atoms with Crippen LogP contribution >= 0.6 is 0 Å². The molecule has 0 spiro atoms. The number of nitrogens with zero attached hydrogens (tertiary/aromatic N) is 11. The summed E-state index contributed by atoms with van der Waals surface area (Å²) in [6.07, 6.45) is 23.1. The molecule has 2 unspecified atom stereocenters. The number of rotatable bonds is 27. The lowest BCUT2D eigenvalue weighted by Gasteiger charge is -2.36. The molecule has 8 aliphatic rings. The van der Waals surface area contributed by atoms with E-state index in [1.165, 1.54) is 116 Å². The van der Waals surface area contributed by atoms with Gasteiger partial charge in [-0.05, 0) is 315 Å². The quantitative estimate of drug-likeness (QED) is 0.0524. The molecule has 7 heterocycles. The number of likely N-dealkylation sites (tertiary alicyclic amines) is 4. The highest BCUT2D eigenvalue weighted by molar-refractivity contribution is 5.76. The molecule has 0 radical (unpaired) electrons. The van der Waals surface area contributed by atoms with Gasteiger partial charge in [0.15, 0.2) is 0 Å². The molecule has 1 saturated carbocycles. The van der Waals surface area contributed by atoms with Gasteiger partial charge in [-0.15, -0.1) is 0 Å². The van der Waals surface area contributed by atoms with Crippen molar-refractivity contribution in [2.45, 2.75) is 308 Å². The van der Waals surface area contributed by atoms with Crippen LogP contribution in [0.5, 0.6) is 0 Å². The van der Waals surface area contributed by atoms with E-state index in [2.05, 4.69) is 188 Å². The van der Waals surface area contributed by atoms with E-state index in [1.54, 1.807) is 0 Å². The SMILES string of the molecule is CC(C)N1CCCN(C(C)(C)CO)CC1.CC(C)N1CCCN(CC(=O)O)CC1.CC(C)N1CCCN(CCO)CC1.CC1CC1C1CCN(C(C)C)CC1.CCCCC1CCN(C(C)C)CC1.CCCN(CCO)C(=O)CC1CCN(C(C)C)CC1.CCCNC(=O)CC1CCN(C(C)C)CC1. The first-order chi connectivity index (χ1) is 48.9. The summed E-state index contributed by atoms with van der Waals surface area (Å²) < 4.78 is 0. The van der Waals surface area contributed by atoms with Crippen LogP contribution in [0.3, 0.4) is 0 Å². The van der Waals surface area contributed by atoms with Crippen molar-refractivity contribution in [2.75, 3.05) is 183 Å². The lowest BCUT2D eigenvalue weighted by atomic mass is 9.90. The van der Waals surface area contributed by atoms with Crippen LogP contribution in [0.15, 0.2) is 0 Å². The maximum absolute atomic E-state index is 12.2. The zero-order chi connectivity index (χ0) is 77.0. The van der Waals surface area contributed by atoms with Gasteiger partial charge in [0.05, 0.1) is 26.4 Å². The molecule has 0 aromatic carbocycles.